The summed E-state index contributed by atoms with van der Waals surface area (Å²) in [5.41, 5.74) is 2.66. The van der Waals surface area contributed by atoms with Gasteiger partial charge in [-0.25, -0.2) is 4.98 Å². The molecule has 0 aliphatic carbocycles. The first-order valence-electron chi connectivity index (χ1n) is 8.57. The van der Waals surface area contributed by atoms with Gasteiger partial charge in [-0.05, 0) is 49.2 Å². The van der Waals surface area contributed by atoms with Gasteiger partial charge in [0.15, 0.2) is 5.13 Å². The van der Waals surface area contributed by atoms with E-state index in [-0.39, 0.29) is 5.91 Å². The van der Waals surface area contributed by atoms with E-state index < -0.39 is 0 Å². The molecule has 0 unspecified atom stereocenters. The minimum absolute atomic E-state index is 0.171. The largest absolute Gasteiger partial charge is 0.494 e. The Hall–Kier alpha value is -2.40. The van der Waals surface area contributed by atoms with Crippen LogP contribution in [0.5, 0.6) is 5.75 Å². The summed E-state index contributed by atoms with van der Waals surface area (Å²) in [6, 6.07) is 13.3. The van der Waals surface area contributed by atoms with Crippen molar-refractivity contribution in [2.45, 2.75) is 33.1 Å². The number of aryl methyl sites for hydroxylation is 1. The fourth-order valence-corrected chi connectivity index (χ4v) is 3.48. The lowest BCUT2D eigenvalue weighted by molar-refractivity contribution is 0.102. The lowest BCUT2D eigenvalue weighted by Crippen LogP contribution is -2.11. The van der Waals surface area contributed by atoms with Gasteiger partial charge in [0.1, 0.15) is 5.75 Å². The molecule has 1 N–H and O–H groups in total. The zero-order valence-electron chi connectivity index (χ0n) is 14.5. The van der Waals surface area contributed by atoms with Crippen LogP contribution < -0.4 is 10.1 Å². The molecule has 25 heavy (non-hydrogen) atoms. The first-order valence-corrected chi connectivity index (χ1v) is 9.39. The van der Waals surface area contributed by atoms with E-state index in [1.807, 2.05) is 31.2 Å². The highest BCUT2D eigenvalue weighted by Gasteiger charge is 2.11. The molecule has 2 aromatic carbocycles. The Bertz CT molecular complexity index is 873. The Labute approximate surface area is 151 Å². The summed E-state index contributed by atoms with van der Waals surface area (Å²) in [7, 11) is 0. The highest BCUT2D eigenvalue weighted by molar-refractivity contribution is 7.22. The van der Waals surface area contributed by atoms with Gasteiger partial charge in [0.25, 0.3) is 5.91 Å². The smallest absolute Gasteiger partial charge is 0.257 e. The van der Waals surface area contributed by atoms with Gasteiger partial charge < -0.3 is 4.74 Å². The van der Waals surface area contributed by atoms with Crippen LogP contribution in [0.2, 0.25) is 0 Å². The number of anilines is 1. The highest BCUT2D eigenvalue weighted by atomic mass is 32.1. The molecule has 0 aliphatic heterocycles. The number of rotatable bonds is 7. The molecule has 0 saturated heterocycles. The summed E-state index contributed by atoms with van der Waals surface area (Å²) in [5.74, 6) is 0.554. The number of amides is 1. The predicted molar refractivity (Wildman–Crippen MR) is 104 cm³/mol. The molecule has 1 aromatic heterocycles. The molecule has 0 radical (unpaired) electrons. The summed E-state index contributed by atoms with van der Waals surface area (Å²) in [6.07, 6.45) is 3.34. The number of nitrogens with zero attached hydrogens (tertiary/aromatic N) is 1. The quantitative estimate of drug-likeness (QED) is 0.576. The number of hydrogen-bond donors (Lipinski definition) is 1. The minimum atomic E-state index is -0.171. The van der Waals surface area contributed by atoms with Crippen LogP contribution in [0.1, 0.15) is 42.1 Å². The Morgan fingerprint density at radius 3 is 2.92 bits per heavy atom. The molecular weight excluding hydrogens is 332 g/mol. The summed E-state index contributed by atoms with van der Waals surface area (Å²) < 4.78 is 6.79. The minimum Gasteiger partial charge on any atom is -0.494 e. The van der Waals surface area contributed by atoms with E-state index in [1.54, 1.807) is 12.1 Å². The van der Waals surface area contributed by atoms with Gasteiger partial charge >= 0.3 is 0 Å². The van der Waals surface area contributed by atoms with Crippen LogP contribution in [0, 0.1) is 6.92 Å². The number of thiazole rings is 1. The van der Waals surface area contributed by atoms with E-state index >= 15 is 0 Å². The number of aromatic nitrogens is 1. The molecule has 4 nitrogen and oxygen atoms in total. The predicted octanol–water partition coefficient (Wildman–Crippen LogP) is 5.43. The van der Waals surface area contributed by atoms with E-state index in [0.717, 1.165) is 35.2 Å². The molecule has 1 amide bonds. The summed E-state index contributed by atoms with van der Waals surface area (Å²) in [6.45, 7) is 4.88. The average molecular weight is 354 g/mol. The fourth-order valence-electron chi connectivity index (χ4n) is 2.52. The van der Waals surface area contributed by atoms with Crippen molar-refractivity contribution in [3.63, 3.8) is 0 Å². The molecule has 3 aromatic rings. The summed E-state index contributed by atoms with van der Waals surface area (Å²) in [5, 5.41) is 3.49. The van der Waals surface area contributed by atoms with Crippen LogP contribution >= 0.6 is 11.3 Å². The number of unbranched alkanes of at least 4 members (excludes halogenated alkanes) is 2. The van der Waals surface area contributed by atoms with Crippen LogP contribution in [0.4, 0.5) is 5.13 Å². The topological polar surface area (TPSA) is 51.2 Å². The number of ether oxygens (including phenoxy) is 1. The van der Waals surface area contributed by atoms with Gasteiger partial charge in [0, 0.05) is 5.56 Å². The monoisotopic (exact) mass is 354 g/mol. The van der Waals surface area contributed by atoms with Crippen LogP contribution in [0.15, 0.2) is 42.5 Å². The SMILES string of the molecule is CCCCCOc1cccc(C(=O)Nc2nc3ccc(C)cc3s2)c1. The van der Waals surface area contributed by atoms with E-state index in [0.29, 0.717) is 17.3 Å². The summed E-state index contributed by atoms with van der Waals surface area (Å²) in [4.78, 5) is 17.0. The zero-order chi connectivity index (χ0) is 17.6. The number of hydrogen-bond acceptors (Lipinski definition) is 4. The van der Waals surface area contributed by atoms with E-state index in [4.69, 9.17) is 4.74 Å². The Balaban J connectivity index is 1.67. The van der Waals surface area contributed by atoms with Gasteiger partial charge in [0.05, 0.1) is 16.8 Å². The van der Waals surface area contributed by atoms with Crippen molar-refractivity contribution in [3.8, 4) is 5.75 Å². The van der Waals surface area contributed by atoms with Crippen LogP contribution in [0.25, 0.3) is 10.2 Å². The van der Waals surface area contributed by atoms with Crippen molar-refractivity contribution in [2.24, 2.45) is 0 Å². The van der Waals surface area contributed by atoms with Crippen molar-refractivity contribution in [3.05, 3.63) is 53.6 Å². The van der Waals surface area contributed by atoms with Crippen LogP contribution in [-0.2, 0) is 0 Å². The number of nitrogens with one attached hydrogen (secondary N) is 1. The summed E-state index contributed by atoms with van der Waals surface area (Å²) >= 11 is 1.48. The molecular formula is C20H22N2O2S. The molecule has 0 fully saturated rings. The highest BCUT2D eigenvalue weighted by Crippen LogP contribution is 2.27. The first-order chi connectivity index (χ1) is 12.2. The average Bonchev–Trinajstić information content (AvgIpc) is 3.00. The fraction of sp³-hybridized carbons (Fsp3) is 0.300. The third-order valence-electron chi connectivity index (χ3n) is 3.88. The second-order valence-corrected chi connectivity index (χ2v) is 7.06. The molecule has 3 rings (SSSR count). The van der Waals surface area contributed by atoms with E-state index in [9.17, 15) is 4.79 Å². The van der Waals surface area contributed by atoms with Crippen molar-refractivity contribution >= 4 is 32.6 Å². The van der Waals surface area contributed by atoms with Crippen LogP contribution in [0.3, 0.4) is 0 Å². The van der Waals surface area contributed by atoms with Gasteiger partial charge in [-0.15, -0.1) is 0 Å². The normalized spacial score (nSPS) is 10.8. The Morgan fingerprint density at radius 1 is 1.20 bits per heavy atom. The van der Waals surface area contributed by atoms with Crippen molar-refractivity contribution in [1.29, 1.82) is 0 Å². The second-order valence-electron chi connectivity index (χ2n) is 6.03. The first kappa shape index (κ1) is 17.4. The maximum absolute atomic E-state index is 12.5. The van der Waals surface area contributed by atoms with Gasteiger partial charge in [-0.3, -0.25) is 10.1 Å². The zero-order valence-corrected chi connectivity index (χ0v) is 15.4. The Morgan fingerprint density at radius 2 is 2.08 bits per heavy atom. The molecule has 0 aliphatic rings. The molecule has 0 bridgehead atoms. The maximum Gasteiger partial charge on any atom is 0.257 e. The molecule has 130 valence electrons. The number of carbonyl (C=O) groups is 1. The molecule has 1 heterocycles. The lowest BCUT2D eigenvalue weighted by atomic mass is 10.2. The third kappa shape index (κ3) is 4.57. The second kappa shape index (κ2) is 8.12. The molecule has 0 spiro atoms. The van der Waals surface area contributed by atoms with Crippen molar-refractivity contribution in [1.82, 2.24) is 4.98 Å². The molecule has 0 saturated carbocycles. The number of benzene rings is 2. The van der Waals surface area contributed by atoms with Gasteiger partial charge in [-0.2, -0.15) is 0 Å². The molecule has 0 atom stereocenters. The van der Waals surface area contributed by atoms with Crippen LogP contribution in [-0.4, -0.2) is 17.5 Å². The third-order valence-corrected chi connectivity index (χ3v) is 4.81. The number of fused-ring (bicyclic) bond motifs is 1. The Kier molecular flexibility index (Phi) is 5.66. The standard InChI is InChI=1S/C20H22N2O2S/c1-3-4-5-11-24-16-8-6-7-15(13-16)19(23)22-20-21-17-10-9-14(2)12-18(17)25-20/h6-10,12-13H,3-5,11H2,1-2H3,(H,21,22,23). The number of carbonyl (C=O) groups excluding carboxylic acids is 1. The van der Waals surface area contributed by atoms with Gasteiger partial charge in [-0.1, -0.05) is 43.2 Å². The lowest BCUT2D eigenvalue weighted by Gasteiger charge is -2.07. The van der Waals surface area contributed by atoms with Gasteiger partial charge in [0.2, 0.25) is 0 Å². The van der Waals surface area contributed by atoms with E-state index in [1.165, 1.54) is 16.9 Å². The van der Waals surface area contributed by atoms with E-state index in [2.05, 4.69) is 23.3 Å². The van der Waals surface area contributed by atoms with Crippen molar-refractivity contribution in [2.75, 3.05) is 11.9 Å². The van der Waals surface area contributed by atoms with Crippen molar-refractivity contribution < 1.29 is 9.53 Å². The molecule has 5 heteroatoms. The maximum atomic E-state index is 12.5.